The van der Waals surface area contributed by atoms with Crippen LogP contribution in [0.4, 0.5) is 0 Å². The minimum Gasteiger partial charge on any atom is -0.232 e. The van der Waals surface area contributed by atoms with Gasteiger partial charge in [-0.2, -0.15) is 20.8 Å². The Kier molecular flexibility index (Phi) is 3.70. The first-order valence-electron chi connectivity index (χ1n) is 8.07. The van der Waals surface area contributed by atoms with Crippen LogP contribution in [-0.2, 0) is 0 Å². The van der Waals surface area contributed by atoms with E-state index in [0.29, 0.717) is 22.7 Å². The smallest absolute Gasteiger partial charge is 0.206 e. The lowest BCUT2D eigenvalue weighted by atomic mass is 9.99. The van der Waals surface area contributed by atoms with Crippen LogP contribution in [0.5, 0.6) is 0 Å². The van der Waals surface area contributed by atoms with Crippen LogP contribution in [0, 0.1) is 41.0 Å². The largest absolute Gasteiger partial charge is 0.232 e. The molecule has 0 spiro atoms. The summed E-state index contributed by atoms with van der Waals surface area (Å²) in [6.45, 7) is 2.03. The fourth-order valence-corrected chi connectivity index (χ4v) is 3.11. The summed E-state index contributed by atoms with van der Waals surface area (Å²) in [4.78, 5) is 12.5. The van der Waals surface area contributed by atoms with E-state index in [1.54, 1.807) is 6.19 Å². The number of nitriles is 3. The van der Waals surface area contributed by atoms with Gasteiger partial charge in [-0.25, -0.2) is 9.97 Å². The van der Waals surface area contributed by atoms with Gasteiger partial charge in [0, 0.05) is 11.1 Å². The molecule has 1 aliphatic carbocycles. The SMILES string of the molecule is Cc1ccc(-c2ccc3c(c2)-c2nc(C#N)c(C#N)nc2/C3=N/C#N)cc1. The van der Waals surface area contributed by atoms with Crippen molar-refractivity contribution < 1.29 is 0 Å². The Morgan fingerprint density at radius 2 is 1.41 bits per heavy atom. The van der Waals surface area contributed by atoms with Crippen molar-refractivity contribution in [2.45, 2.75) is 6.92 Å². The van der Waals surface area contributed by atoms with Gasteiger partial charge >= 0.3 is 0 Å². The van der Waals surface area contributed by atoms with E-state index in [9.17, 15) is 10.5 Å². The van der Waals surface area contributed by atoms with Crippen molar-refractivity contribution in [1.82, 2.24) is 9.97 Å². The monoisotopic (exact) mass is 346 g/mol. The molecule has 0 saturated carbocycles. The molecule has 0 saturated heterocycles. The summed E-state index contributed by atoms with van der Waals surface area (Å²) in [5.41, 5.74) is 5.70. The van der Waals surface area contributed by atoms with E-state index < -0.39 is 0 Å². The van der Waals surface area contributed by atoms with Crippen LogP contribution in [0.1, 0.15) is 28.2 Å². The molecule has 1 heterocycles. The number of rotatable bonds is 1. The highest BCUT2D eigenvalue weighted by molar-refractivity contribution is 6.23. The van der Waals surface area contributed by atoms with Crippen molar-refractivity contribution in [3.8, 4) is 40.7 Å². The number of hydrogen-bond acceptors (Lipinski definition) is 6. The first kappa shape index (κ1) is 16.1. The predicted molar refractivity (Wildman–Crippen MR) is 98.3 cm³/mol. The third kappa shape index (κ3) is 2.52. The van der Waals surface area contributed by atoms with Gasteiger partial charge in [0.15, 0.2) is 11.4 Å². The molecule has 0 bridgehead atoms. The Hall–Kier alpha value is -4.34. The first-order valence-corrected chi connectivity index (χ1v) is 8.07. The zero-order valence-corrected chi connectivity index (χ0v) is 14.2. The molecule has 27 heavy (non-hydrogen) atoms. The first-order chi connectivity index (χ1) is 13.2. The van der Waals surface area contributed by atoms with Crippen LogP contribution in [0.25, 0.3) is 22.4 Å². The maximum Gasteiger partial charge on any atom is 0.206 e. The number of nitrogens with zero attached hydrogens (tertiary/aromatic N) is 6. The molecule has 3 aromatic rings. The van der Waals surface area contributed by atoms with Gasteiger partial charge in [-0.15, -0.1) is 0 Å². The van der Waals surface area contributed by atoms with Crippen molar-refractivity contribution in [2.24, 2.45) is 4.99 Å². The summed E-state index contributed by atoms with van der Waals surface area (Å²) >= 11 is 0. The summed E-state index contributed by atoms with van der Waals surface area (Å²) in [6.07, 6.45) is 1.78. The maximum absolute atomic E-state index is 9.27. The van der Waals surface area contributed by atoms with Crippen molar-refractivity contribution in [2.75, 3.05) is 0 Å². The fourth-order valence-electron chi connectivity index (χ4n) is 3.11. The van der Waals surface area contributed by atoms with E-state index >= 15 is 0 Å². The summed E-state index contributed by atoms with van der Waals surface area (Å²) < 4.78 is 0. The lowest BCUT2D eigenvalue weighted by Crippen LogP contribution is -2.05. The van der Waals surface area contributed by atoms with Gasteiger partial charge in [-0.3, -0.25) is 0 Å². The van der Waals surface area contributed by atoms with Crippen molar-refractivity contribution >= 4 is 5.71 Å². The average Bonchev–Trinajstić information content (AvgIpc) is 3.00. The molecule has 1 aromatic heterocycles. The quantitative estimate of drug-likeness (QED) is 0.490. The van der Waals surface area contributed by atoms with Crippen molar-refractivity contribution in [3.63, 3.8) is 0 Å². The molecule has 1 aliphatic rings. The minimum absolute atomic E-state index is 0.0406. The molecule has 6 nitrogen and oxygen atoms in total. The van der Waals surface area contributed by atoms with Crippen LogP contribution in [0.2, 0.25) is 0 Å². The summed E-state index contributed by atoms with van der Waals surface area (Å²) in [7, 11) is 0. The molecule has 2 aromatic carbocycles. The number of fused-ring (bicyclic) bond motifs is 3. The van der Waals surface area contributed by atoms with E-state index in [1.807, 2.05) is 61.5 Å². The number of benzene rings is 2. The molecular formula is C21H10N6. The van der Waals surface area contributed by atoms with Crippen LogP contribution >= 0.6 is 0 Å². The Bertz CT molecular complexity index is 1250. The third-order valence-corrected chi connectivity index (χ3v) is 4.41. The number of aryl methyl sites for hydroxylation is 1. The Morgan fingerprint density at radius 1 is 0.778 bits per heavy atom. The summed E-state index contributed by atoms with van der Waals surface area (Å²) in [6, 6.07) is 17.7. The number of aromatic nitrogens is 2. The molecular weight excluding hydrogens is 336 g/mol. The van der Waals surface area contributed by atoms with Gasteiger partial charge < -0.3 is 0 Å². The summed E-state index contributed by atoms with van der Waals surface area (Å²) in [5.74, 6) is 0. The van der Waals surface area contributed by atoms with Gasteiger partial charge in [-0.05, 0) is 24.1 Å². The van der Waals surface area contributed by atoms with E-state index in [4.69, 9.17) is 5.26 Å². The van der Waals surface area contributed by atoms with E-state index in [1.165, 1.54) is 5.56 Å². The van der Waals surface area contributed by atoms with Gasteiger partial charge in [0.25, 0.3) is 0 Å². The molecule has 4 rings (SSSR count). The number of aliphatic imine (C=N–C) groups is 1. The second kappa shape index (κ2) is 6.19. The predicted octanol–water partition coefficient (Wildman–Crippen LogP) is 3.49. The topological polar surface area (TPSA) is 110 Å². The van der Waals surface area contributed by atoms with Gasteiger partial charge in [0.1, 0.15) is 29.2 Å². The van der Waals surface area contributed by atoms with Crippen LogP contribution in [0.15, 0.2) is 47.5 Å². The van der Waals surface area contributed by atoms with Crippen LogP contribution < -0.4 is 0 Å². The minimum atomic E-state index is -0.0755. The average molecular weight is 346 g/mol. The molecule has 0 unspecified atom stereocenters. The second-order valence-electron chi connectivity index (χ2n) is 6.03. The molecule has 124 valence electrons. The Morgan fingerprint density at radius 3 is 2.04 bits per heavy atom. The van der Waals surface area contributed by atoms with Gasteiger partial charge in [0.05, 0.1) is 0 Å². The molecule has 0 amide bonds. The molecule has 0 aliphatic heterocycles. The van der Waals surface area contributed by atoms with Crippen molar-refractivity contribution in [1.29, 1.82) is 15.8 Å². The highest BCUT2D eigenvalue weighted by Crippen LogP contribution is 2.38. The molecule has 0 fully saturated rings. The molecule has 0 radical (unpaired) electrons. The maximum atomic E-state index is 9.27. The summed E-state index contributed by atoms with van der Waals surface area (Å²) in [5, 5.41) is 27.6. The molecule has 0 N–H and O–H groups in total. The Balaban J connectivity index is 1.98. The lowest BCUT2D eigenvalue weighted by Gasteiger charge is -2.06. The van der Waals surface area contributed by atoms with Crippen LogP contribution in [0.3, 0.4) is 0 Å². The molecule has 0 atom stereocenters. The second-order valence-corrected chi connectivity index (χ2v) is 6.03. The zero-order chi connectivity index (χ0) is 19.0. The van der Waals surface area contributed by atoms with E-state index in [0.717, 1.165) is 16.7 Å². The highest BCUT2D eigenvalue weighted by atomic mass is 14.9. The third-order valence-electron chi connectivity index (χ3n) is 4.41. The van der Waals surface area contributed by atoms with E-state index in [-0.39, 0.29) is 11.4 Å². The Labute approximate surface area is 155 Å². The standard InChI is InChI=1S/C21H10N6/c1-12-2-4-13(5-3-12)14-6-7-15-16(8-14)20-21(19(15)25-11-24)27-18(10-23)17(9-22)26-20/h2-8H,1H3/b25-19+. The lowest BCUT2D eigenvalue weighted by molar-refractivity contribution is 1.13. The zero-order valence-electron chi connectivity index (χ0n) is 14.2. The van der Waals surface area contributed by atoms with Gasteiger partial charge in [0.2, 0.25) is 6.19 Å². The van der Waals surface area contributed by atoms with E-state index in [2.05, 4.69) is 15.0 Å². The molecule has 6 heteroatoms. The fraction of sp³-hybridized carbons (Fsp3) is 0.0476. The normalized spacial score (nSPS) is 12.6. The van der Waals surface area contributed by atoms with Gasteiger partial charge in [-0.1, -0.05) is 42.0 Å². The highest BCUT2D eigenvalue weighted by Gasteiger charge is 2.30. The van der Waals surface area contributed by atoms with Crippen LogP contribution in [-0.4, -0.2) is 15.7 Å². The van der Waals surface area contributed by atoms with Crippen molar-refractivity contribution in [3.05, 3.63) is 70.7 Å². The number of hydrogen-bond donors (Lipinski definition) is 0.